The first kappa shape index (κ1) is 17.8. The molecule has 2 aromatic rings. The zero-order valence-electron chi connectivity index (χ0n) is 11.5. The predicted octanol–water partition coefficient (Wildman–Crippen LogP) is 4.74. The third-order valence-electron chi connectivity index (χ3n) is 2.93. The van der Waals surface area contributed by atoms with E-state index in [1.54, 1.807) is 0 Å². The van der Waals surface area contributed by atoms with Gasteiger partial charge in [0.1, 0.15) is 5.75 Å². The Balaban J connectivity index is 2.29. The predicted molar refractivity (Wildman–Crippen MR) is 67.5 cm³/mol. The summed E-state index contributed by atoms with van der Waals surface area (Å²) in [6.45, 7) is 0. The molecule has 2 rings (SSSR count). The van der Waals surface area contributed by atoms with Crippen LogP contribution in [-0.2, 0) is 0 Å². The van der Waals surface area contributed by atoms with Crippen molar-refractivity contribution < 1.29 is 40.3 Å². The summed E-state index contributed by atoms with van der Waals surface area (Å²) in [7, 11) is 0. The van der Waals surface area contributed by atoms with E-state index in [4.69, 9.17) is 0 Å². The molecule has 0 N–H and O–H groups in total. The van der Waals surface area contributed by atoms with Crippen LogP contribution in [0, 0.1) is 23.3 Å². The molecule has 0 spiro atoms. The monoisotopic (exact) mass is 352 g/mol. The van der Waals surface area contributed by atoms with E-state index in [-0.39, 0.29) is 6.07 Å². The molecule has 0 heterocycles. The summed E-state index contributed by atoms with van der Waals surface area (Å²) >= 11 is 0. The number of halogens is 7. The summed E-state index contributed by atoms with van der Waals surface area (Å²) in [6, 6.07) is 3.94. The lowest BCUT2D eigenvalue weighted by Crippen LogP contribution is -2.11. The van der Waals surface area contributed by atoms with Gasteiger partial charge in [-0.05, 0) is 18.2 Å². The summed E-state index contributed by atoms with van der Waals surface area (Å²) in [4.78, 5) is 11.1. The molecule has 0 saturated carbocycles. The van der Waals surface area contributed by atoms with E-state index < -0.39 is 58.7 Å². The first-order chi connectivity index (χ1) is 11.2. The number of rotatable bonds is 5. The van der Waals surface area contributed by atoms with Crippen LogP contribution in [-0.4, -0.2) is 12.2 Å². The highest BCUT2D eigenvalue weighted by Crippen LogP contribution is 2.29. The van der Waals surface area contributed by atoms with Crippen LogP contribution in [0.2, 0.25) is 0 Å². The van der Waals surface area contributed by atoms with Gasteiger partial charge in [0.2, 0.25) is 5.78 Å². The summed E-state index contributed by atoms with van der Waals surface area (Å²) in [5, 5.41) is 0. The maximum Gasteiger partial charge on any atom is 0.300 e. The first-order valence-electron chi connectivity index (χ1n) is 6.28. The van der Waals surface area contributed by atoms with Crippen molar-refractivity contribution in [1.29, 1.82) is 0 Å². The Hall–Kier alpha value is -2.58. The fraction of sp³-hybridized carbons (Fsp3) is 0.133. The van der Waals surface area contributed by atoms with Gasteiger partial charge in [-0.15, -0.1) is 0 Å². The highest BCUT2D eigenvalue weighted by atomic mass is 19.3. The molecule has 0 amide bonds. The van der Waals surface area contributed by atoms with E-state index >= 15 is 0 Å². The van der Waals surface area contributed by atoms with Crippen molar-refractivity contribution in [1.82, 2.24) is 0 Å². The van der Waals surface area contributed by atoms with E-state index in [9.17, 15) is 35.5 Å². The van der Waals surface area contributed by atoms with Crippen molar-refractivity contribution in [2.45, 2.75) is 12.8 Å². The number of carbonyl (C=O) groups excluding carboxylic acids is 1. The normalized spacial score (nSPS) is 12.3. The number of hydrogen-bond donors (Lipinski definition) is 0. The zero-order chi connectivity index (χ0) is 18.0. The van der Waals surface area contributed by atoms with Crippen LogP contribution in [0.5, 0.6) is 5.75 Å². The number of Topliss-reactive ketones (excluding diaryl/α,β-unsaturated/α-hetero) is 1. The molecule has 128 valence electrons. The Bertz CT molecular complexity index is 777. The molecule has 2 nitrogen and oxygen atoms in total. The van der Waals surface area contributed by atoms with E-state index in [0.29, 0.717) is 0 Å². The van der Waals surface area contributed by atoms with Crippen LogP contribution in [0.25, 0.3) is 0 Å². The van der Waals surface area contributed by atoms with E-state index in [2.05, 4.69) is 4.74 Å². The quantitative estimate of drug-likeness (QED) is 0.336. The Morgan fingerprint density at radius 3 is 2.21 bits per heavy atom. The van der Waals surface area contributed by atoms with Crippen LogP contribution in [0.1, 0.15) is 22.3 Å². The fourth-order valence-corrected chi connectivity index (χ4v) is 1.79. The summed E-state index contributed by atoms with van der Waals surface area (Å²) in [5.74, 6) is -10.2. The zero-order valence-corrected chi connectivity index (χ0v) is 11.5. The standard InChI is InChI=1S/C15H7F7O2/c16-9-5-8(10(17)12(19)11(9)18)15(22)24-7-3-1-2-6(4-7)13(23)14(20)21/h1-5,14-15H. The van der Waals surface area contributed by atoms with Gasteiger partial charge in [-0.3, -0.25) is 4.79 Å². The first-order valence-corrected chi connectivity index (χ1v) is 6.28. The number of benzene rings is 2. The third kappa shape index (κ3) is 3.50. The van der Waals surface area contributed by atoms with Gasteiger partial charge in [0.05, 0.1) is 5.56 Å². The molecule has 0 aliphatic rings. The second-order valence-corrected chi connectivity index (χ2v) is 4.52. The van der Waals surface area contributed by atoms with Crippen LogP contribution < -0.4 is 4.74 Å². The van der Waals surface area contributed by atoms with Crippen molar-refractivity contribution >= 4 is 5.78 Å². The van der Waals surface area contributed by atoms with Crippen molar-refractivity contribution in [3.63, 3.8) is 0 Å². The van der Waals surface area contributed by atoms with Gasteiger partial charge in [-0.1, -0.05) is 12.1 Å². The minimum absolute atomic E-state index is 0.0621. The van der Waals surface area contributed by atoms with Crippen LogP contribution in [0.15, 0.2) is 30.3 Å². The fourth-order valence-electron chi connectivity index (χ4n) is 1.79. The molecule has 2 aromatic carbocycles. The van der Waals surface area contributed by atoms with Gasteiger partial charge < -0.3 is 4.74 Å². The van der Waals surface area contributed by atoms with Crippen LogP contribution in [0.4, 0.5) is 30.7 Å². The van der Waals surface area contributed by atoms with Crippen LogP contribution in [0.3, 0.4) is 0 Å². The highest BCUT2D eigenvalue weighted by molar-refractivity contribution is 5.98. The maximum absolute atomic E-state index is 13.9. The average Bonchev–Trinajstić information content (AvgIpc) is 2.55. The molecule has 0 aromatic heterocycles. The second kappa shape index (κ2) is 6.90. The minimum Gasteiger partial charge on any atom is -0.456 e. The van der Waals surface area contributed by atoms with Gasteiger partial charge >= 0.3 is 6.43 Å². The smallest absolute Gasteiger partial charge is 0.300 e. The lowest BCUT2D eigenvalue weighted by molar-refractivity contribution is 0.0611. The topological polar surface area (TPSA) is 26.3 Å². The van der Waals surface area contributed by atoms with E-state index in [1.165, 1.54) is 0 Å². The Morgan fingerprint density at radius 1 is 0.917 bits per heavy atom. The lowest BCUT2D eigenvalue weighted by Gasteiger charge is -2.14. The van der Waals surface area contributed by atoms with E-state index in [1.807, 2.05) is 0 Å². The van der Waals surface area contributed by atoms with Gasteiger partial charge in [0.25, 0.3) is 6.36 Å². The molecule has 9 heteroatoms. The Kier molecular flexibility index (Phi) is 5.10. The van der Waals surface area contributed by atoms with E-state index in [0.717, 1.165) is 24.3 Å². The van der Waals surface area contributed by atoms with Gasteiger partial charge in [0, 0.05) is 5.56 Å². The molecule has 1 unspecified atom stereocenters. The number of ether oxygens (including phenoxy) is 1. The summed E-state index contributed by atoms with van der Waals surface area (Å²) < 4.78 is 95.5. The minimum atomic E-state index is -3.31. The Morgan fingerprint density at radius 2 is 1.58 bits per heavy atom. The molecule has 0 saturated heterocycles. The van der Waals surface area contributed by atoms with Crippen LogP contribution >= 0.6 is 0 Å². The van der Waals surface area contributed by atoms with Gasteiger partial charge in [0.15, 0.2) is 23.3 Å². The highest BCUT2D eigenvalue weighted by Gasteiger charge is 2.26. The second-order valence-electron chi connectivity index (χ2n) is 4.52. The largest absolute Gasteiger partial charge is 0.456 e. The summed E-state index contributed by atoms with van der Waals surface area (Å²) in [5.41, 5.74) is -1.77. The number of ketones is 1. The molecule has 0 radical (unpaired) electrons. The third-order valence-corrected chi connectivity index (χ3v) is 2.93. The Labute approximate surface area is 130 Å². The number of alkyl halides is 3. The molecule has 1 atom stereocenters. The molecule has 0 bridgehead atoms. The number of carbonyl (C=O) groups is 1. The van der Waals surface area contributed by atoms with Crippen molar-refractivity contribution in [2.75, 3.05) is 0 Å². The summed E-state index contributed by atoms with van der Waals surface area (Å²) in [6.07, 6.45) is -6.08. The van der Waals surface area contributed by atoms with Crippen molar-refractivity contribution in [3.8, 4) is 5.75 Å². The number of hydrogen-bond acceptors (Lipinski definition) is 2. The lowest BCUT2D eigenvalue weighted by atomic mass is 10.1. The van der Waals surface area contributed by atoms with Crippen molar-refractivity contribution in [3.05, 3.63) is 64.7 Å². The average molecular weight is 352 g/mol. The van der Waals surface area contributed by atoms with Crippen molar-refractivity contribution in [2.24, 2.45) is 0 Å². The molecule has 0 aliphatic heterocycles. The molecule has 24 heavy (non-hydrogen) atoms. The van der Waals surface area contributed by atoms with Gasteiger partial charge in [-0.25, -0.2) is 26.3 Å². The molecular formula is C15H7F7O2. The SMILES string of the molecule is O=C(c1cccc(OC(F)c2cc(F)c(F)c(F)c2F)c1)C(F)F. The maximum atomic E-state index is 13.9. The molecular weight excluding hydrogens is 345 g/mol. The molecule has 0 fully saturated rings. The molecule has 0 aliphatic carbocycles. The van der Waals surface area contributed by atoms with Gasteiger partial charge in [-0.2, -0.15) is 4.39 Å².